The van der Waals surface area contributed by atoms with Gasteiger partial charge in [0.2, 0.25) is 11.8 Å². The first-order chi connectivity index (χ1) is 13.2. The number of hydrogen-bond donors (Lipinski definition) is 1. The summed E-state index contributed by atoms with van der Waals surface area (Å²) < 4.78 is 6.50. The first kappa shape index (κ1) is 18.2. The van der Waals surface area contributed by atoms with E-state index >= 15 is 0 Å². The Labute approximate surface area is 162 Å². The highest BCUT2D eigenvalue weighted by molar-refractivity contribution is 7.22. The van der Waals surface area contributed by atoms with Gasteiger partial charge in [-0.05, 0) is 50.8 Å². The highest BCUT2D eigenvalue weighted by Crippen LogP contribution is 2.32. The van der Waals surface area contributed by atoms with Crippen LogP contribution in [0.1, 0.15) is 45.4 Å². The number of fused-ring (bicyclic) bond motifs is 1. The van der Waals surface area contributed by atoms with E-state index in [2.05, 4.69) is 10.3 Å². The fourth-order valence-electron chi connectivity index (χ4n) is 4.11. The molecule has 1 saturated carbocycles. The van der Waals surface area contributed by atoms with Crippen LogP contribution in [0.25, 0.3) is 10.2 Å². The van der Waals surface area contributed by atoms with Crippen molar-refractivity contribution in [3.8, 4) is 5.75 Å². The third-order valence-electron chi connectivity index (χ3n) is 5.44. The summed E-state index contributed by atoms with van der Waals surface area (Å²) in [7, 11) is 0. The highest BCUT2D eigenvalue weighted by atomic mass is 32.1. The second kappa shape index (κ2) is 7.84. The summed E-state index contributed by atoms with van der Waals surface area (Å²) in [5.41, 5.74) is 0.837. The van der Waals surface area contributed by atoms with E-state index in [1.165, 1.54) is 11.3 Å². The largest absolute Gasteiger partial charge is 0.494 e. The fourth-order valence-corrected chi connectivity index (χ4v) is 5.01. The predicted octanol–water partition coefficient (Wildman–Crippen LogP) is 3.81. The molecule has 0 bridgehead atoms. The number of amides is 2. The van der Waals surface area contributed by atoms with E-state index in [9.17, 15) is 9.59 Å². The average molecular weight is 388 g/mol. The number of carbonyl (C=O) groups excluding carboxylic acids is 2. The lowest BCUT2D eigenvalue weighted by atomic mass is 10.1. The number of nitrogens with zero attached hydrogens (tertiary/aromatic N) is 2. The summed E-state index contributed by atoms with van der Waals surface area (Å²) in [6, 6.07) is 5.36. The van der Waals surface area contributed by atoms with Crippen LogP contribution in [0.4, 0.5) is 5.13 Å². The molecular weight excluding hydrogens is 362 g/mol. The minimum atomic E-state index is -0.371. The lowest BCUT2D eigenvalue weighted by Crippen LogP contribution is -2.45. The van der Waals surface area contributed by atoms with Crippen LogP contribution in [0.5, 0.6) is 5.75 Å². The Balaban J connectivity index is 1.46. The highest BCUT2D eigenvalue weighted by Gasteiger charge is 2.38. The molecule has 2 fully saturated rings. The molecule has 2 amide bonds. The third-order valence-corrected chi connectivity index (χ3v) is 6.38. The number of hydrogen-bond acceptors (Lipinski definition) is 5. The molecular formula is C20H25N3O3S. The van der Waals surface area contributed by atoms with Gasteiger partial charge in [-0.15, -0.1) is 0 Å². The lowest BCUT2D eigenvalue weighted by molar-refractivity contribution is -0.140. The zero-order chi connectivity index (χ0) is 18.8. The van der Waals surface area contributed by atoms with Gasteiger partial charge in [-0.25, -0.2) is 4.98 Å². The molecule has 1 atom stereocenters. The topological polar surface area (TPSA) is 71.5 Å². The second-order valence-corrected chi connectivity index (χ2v) is 8.27. The molecule has 2 aromatic rings. The van der Waals surface area contributed by atoms with Crippen LogP contribution in [0.2, 0.25) is 0 Å². The van der Waals surface area contributed by atoms with Crippen molar-refractivity contribution in [1.29, 1.82) is 0 Å². The first-order valence-electron chi connectivity index (χ1n) is 9.80. The van der Waals surface area contributed by atoms with E-state index in [0.29, 0.717) is 18.3 Å². The zero-order valence-electron chi connectivity index (χ0n) is 15.6. The minimum Gasteiger partial charge on any atom is -0.494 e. The molecule has 1 N–H and O–H groups in total. The maximum atomic E-state index is 12.8. The summed E-state index contributed by atoms with van der Waals surface area (Å²) in [5, 5.41) is 3.51. The summed E-state index contributed by atoms with van der Waals surface area (Å²) >= 11 is 1.43. The Hall–Kier alpha value is -2.15. The average Bonchev–Trinajstić information content (AvgIpc) is 3.40. The van der Waals surface area contributed by atoms with Crippen LogP contribution in [-0.2, 0) is 9.59 Å². The van der Waals surface area contributed by atoms with Crippen molar-refractivity contribution in [3.05, 3.63) is 18.2 Å². The van der Waals surface area contributed by atoms with Gasteiger partial charge in [0, 0.05) is 12.5 Å². The number of thiazole rings is 1. The SMILES string of the molecule is CCOc1ccc2nc(NC(=O)C3CCCN3C(=O)C3CCCC3)sc2c1. The van der Waals surface area contributed by atoms with Crippen LogP contribution in [-0.4, -0.2) is 40.9 Å². The molecule has 1 aromatic carbocycles. The van der Waals surface area contributed by atoms with Crippen molar-refractivity contribution in [2.24, 2.45) is 5.92 Å². The number of ether oxygens (including phenoxy) is 1. The van der Waals surface area contributed by atoms with Gasteiger partial charge in [0.1, 0.15) is 11.8 Å². The van der Waals surface area contributed by atoms with Gasteiger partial charge >= 0.3 is 0 Å². The quantitative estimate of drug-likeness (QED) is 0.847. The molecule has 144 valence electrons. The van der Waals surface area contributed by atoms with Crippen molar-refractivity contribution < 1.29 is 14.3 Å². The van der Waals surface area contributed by atoms with Crippen molar-refractivity contribution in [1.82, 2.24) is 9.88 Å². The van der Waals surface area contributed by atoms with E-state index in [1.54, 1.807) is 4.90 Å². The van der Waals surface area contributed by atoms with E-state index in [4.69, 9.17) is 4.74 Å². The van der Waals surface area contributed by atoms with Crippen molar-refractivity contribution >= 4 is 38.5 Å². The summed E-state index contributed by atoms with van der Waals surface area (Å²) in [6.45, 7) is 3.24. The summed E-state index contributed by atoms with van der Waals surface area (Å²) in [5.74, 6) is 0.951. The smallest absolute Gasteiger partial charge is 0.248 e. The van der Waals surface area contributed by atoms with E-state index in [-0.39, 0.29) is 23.8 Å². The minimum absolute atomic E-state index is 0.109. The molecule has 1 aliphatic heterocycles. The van der Waals surface area contributed by atoms with Gasteiger partial charge in [0.15, 0.2) is 5.13 Å². The number of carbonyl (C=O) groups is 2. The van der Waals surface area contributed by atoms with Gasteiger partial charge < -0.3 is 15.0 Å². The summed E-state index contributed by atoms with van der Waals surface area (Å²) in [6.07, 6.45) is 5.78. The van der Waals surface area contributed by atoms with Crippen molar-refractivity contribution in [3.63, 3.8) is 0 Å². The van der Waals surface area contributed by atoms with E-state index < -0.39 is 0 Å². The fraction of sp³-hybridized carbons (Fsp3) is 0.550. The number of aromatic nitrogens is 1. The first-order valence-corrected chi connectivity index (χ1v) is 10.6. The molecule has 4 rings (SSSR count). The third kappa shape index (κ3) is 3.78. The van der Waals surface area contributed by atoms with Gasteiger partial charge in [-0.3, -0.25) is 9.59 Å². The molecule has 1 unspecified atom stereocenters. The van der Waals surface area contributed by atoms with Crippen LogP contribution < -0.4 is 10.1 Å². The van der Waals surface area contributed by atoms with Gasteiger partial charge in [0.05, 0.1) is 16.8 Å². The van der Waals surface area contributed by atoms with Crippen molar-refractivity contribution in [2.45, 2.75) is 51.5 Å². The standard InChI is InChI=1S/C20H25N3O3S/c1-2-26-14-9-10-15-17(12-14)27-20(21-15)22-18(24)16-8-5-11-23(16)19(25)13-6-3-4-7-13/h9-10,12-13,16H,2-8,11H2,1H3,(H,21,22,24). The molecule has 7 heteroatoms. The molecule has 1 saturated heterocycles. The second-order valence-electron chi connectivity index (χ2n) is 7.24. The molecule has 2 aliphatic rings. The van der Waals surface area contributed by atoms with Crippen LogP contribution in [0.15, 0.2) is 18.2 Å². The van der Waals surface area contributed by atoms with Gasteiger partial charge in [-0.2, -0.15) is 0 Å². The normalized spacial score (nSPS) is 20.3. The number of benzene rings is 1. The Morgan fingerprint density at radius 3 is 2.85 bits per heavy atom. The molecule has 1 aliphatic carbocycles. The molecule has 2 heterocycles. The van der Waals surface area contributed by atoms with Crippen molar-refractivity contribution in [2.75, 3.05) is 18.5 Å². The number of rotatable bonds is 5. The number of likely N-dealkylation sites (tertiary alicyclic amines) is 1. The monoisotopic (exact) mass is 387 g/mol. The van der Waals surface area contributed by atoms with Crippen LogP contribution in [0.3, 0.4) is 0 Å². The Bertz CT molecular complexity index is 844. The molecule has 0 radical (unpaired) electrons. The Morgan fingerprint density at radius 2 is 2.07 bits per heavy atom. The van der Waals surface area contributed by atoms with Gasteiger partial charge in [0.25, 0.3) is 0 Å². The Kier molecular flexibility index (Phi) is 5.29. The molecule has 1 aromatic heterocycles. The number of anilines is 1. The van der Waals surface area contributed by atoms with E-state index in [0.717, 1.165) is 54.5 Å². The molecule has 27 heavy (non-hydrogen) atoms. The van der Waals surface area contributed by atoms with Crippen LogP contribution in [0, 0.1) is 5.92 Å². The summed E-state index contributed by atoms with van der Waals surface area (Å²) in [4.78, 5) is 31.9. The van der Waals surface area contributed by atoms with E-state index in [1.807, 2.05) is 25.1 Å². The Morgan fingerprint density at radius 1 is 1.26 bits per heavy atom. The molecule has 6 nitrogen and oxygen atoms in total. The number of nitrogens with one attached hydrogen (secondary N) is 1. The van der Waals surface area contributed by atoms with Gasteiger partial charge in [-0.1, -0.05) is 24.2 Å². The predicted molar refractivity (Wildman–Crippen MR) is 106 cm³/mol. The maximum absolute atomic E-state index is 12.8. The molecule has 0 spiro atoms. The zero-order valence-corrected chi connectivity index (χ0v) is 16.4. The lowest BCUT2D eigenvalue weighted by Gasteiger charge is -2.26. The maximum Gasteiger partial charge on any atom is 0.248 e. The van der Waals surface area contributed by atoms with Crippen LogP contribution >= 0.6 is 11.3 Å².